The standard InChI is InChI=1S/C22H22BrClN2O4S/c23-15-6-12-19(13-7-15)31(29,30)26(18-4-2-1-3-5-18)20-14-21(27)25(22(20)28)17-10-8-16(24)9-11-17/h6-13,18,20H,1-5,14H2. The fourth-order valence-electron chi connectivity index (χ4n) is 4.36. The molecule has 1 aliphatic heterocycles. The second-order valence-electron chi connectivity index (χ2n) is 7.84. The summed E-state index contributed by atoms with van der Waals surface area (Å²) >= 11 is 9.26. The van der Waals surface area contributed by atoms with Gasteiger partial charge in [0, 0.05) is 15.5 Å². The molecule has 2 aromatic rings. The van der Waals surface area contributed by atoms with Crippen molar-refractivity contribution < 1.29 is 18.0 Å². The summed E-state index contributed by atoms with van der Waals surface area (Å²) in [7, 11) is -3.98. The summed E-state index contributed by atoms with van der Waals surface area (Å²) in [6.45, 7) is 0. The van der Waals surface area contributed by atoms with Crippen LogP contribution < -0.4 is 4.90 Å². The molecule has 1 saturated carbocycles. The summed E-state index contributed by atoms with van der Waals surface area (Å²) in [5, 5.41) is 0.487. The summed E-state index contributed by atoms with van der Waals surface area (Å²) in [6, 6.07) is 11.4. The molecular formula is C22H22BrClN2O4S. The molecule has 1 saturated heterocycles. The fraction of sp³-hybridized carbons (Fsp3) is 0.364. The summed E-state index contributed by atoms with van der Waals surface area (Å²) in [6.07, 6.45) is 4.01. The molecule has 31 heavy (non-hydrogen) atoms. The lowest BCUT2D eigenvalue weighted by molar-refractivity contribution is -0.122. The maximum atomic E-state index is 13.7. The normalized spacial score (nSPS) is 20.6. The maximum absolute atomic E-state index is 13.7. The van der Waals surface area contributed by atoms with Crippen LogP contribution in [-0.4, -0.2) is 36.6 Å². The van der Waals surface area contributed by atoms with Crippen LogP contribution in [0.15, 0.2) is 57.9 Å². The van der Waals surface area contributed by atoms with Gasteiger partial charge in [0.2, 0.25) is 15.9 Å². The Morgan fingerprint density at radius 1 is 0.935 bits per heavy atom. The molecule has 0 spiro atoms. The third-order valence-electron chi connectivity index (χ3n) is 5.84. The van der Waals surface area contributed by atoms with Crippen LogP contribution in [0.2, 0.25) is 5.02 Å². The van der Waals surface area contributed by atoms with Crippen LogP contribution in [0.1, 0.15) is 38.5 Å². The van der Waals surface area contributed by atoms with Gasteiger partial charge in [-0.1, -0.05) is 46.8 Å². The van der Waals surface area contributed by atoms with Crippen molar-refractivity contribution in [2.75, 3.05) is 4.90 Å². The van der Waals surface area contributed by atoms with Gasteiger partial charge < -0.3 is 0 Å². The third-order valence-corrected chi connectivity index (χ3v) is 8.59. The molecule has 2 aromatic carbocycles. The molecule has 1 heterocycles. The van der Waals surface area contributed by atoms with E-state index >= 15 is 0 Å². The number of benzene rings is 2. The summed E-state index contributed by atoms with van der Waals surface area (Å²) in [5.41, 5.74) is 0.395. The zero-order valence-electron chi connectivity index (χ0n) is 16.7. The second kappa shape index (κ2) is 9.02. The molecule has 9 heteroatoms. The molecule has 6 nitrogen and oxygen atoms in total. The van der Waals surface area contributed by atoms with Crippen molar-refractivity contribution in [3.63, 3.8) is 0 Å². The van der Waals surface area contributed by atoms with E-state index < -0.39 is 27.9 Å². The number of hydrogen-bond donors (Lipinski definition) is 0. The monoisotopic (exact) mass is 524 g/mol. The third kappa shape index (κ3) is 4.44. The minimum atomic E-state index is -3.98. The van der Waals surface area contributed by atoms with E-state index in [2.05, 4.69) is 15.9 Å². The first kappa shape index (κ1) is 22.5. The predicted molar refractivity (Wildman–Crippen MR) is 122 cm³/mol. The van der Waals surface area contributed by atoms with Crippen molar-refractivity contribution in [1.29, 1.82) is 0 Å². The highest BCUT2D eigenvalue weighted by Crippen LogP contribution is 2.35. The second-order valence-corrected chi connectivity index (χ2v) is 11.0. The maximum Gasteiger partial charge on any atom is 0.252 e. The number of halogens is 2. The van der Waals surface area contributed by atoms with E-state index in [1.165, 1.54) is 16.4 Å². The number of rotatable bonds is 5. The lowest BCUT2D eigenvalue weighted by Gasteiger charge is -2.36. The number of nitrogens with zero attached hydrogens (tertiary/aromatic N) is 2. The number of amides is 2. The van der Waals surface area contributed by atoms with Crippen molar-refractivity contribution in [3.05, 3.63) is 58.0 Å². The van der Waals surface area contributed by atoms with Crippen LogP contribution in [0, 0.1) is 0 Å². The van der Waals surface area contributed by atoms with E-state index in [1.807, 2.05) is 0 Å². The molecule has 4 rings (SSSR count). The molecule has 2 aliphatic rings. The fourth-order valence-corrected chi connectivity index (χ4v) is 6.58. The number of imide groups is 1. The Balaban J connectivity index is 1.73. The Kier molecular flexibility index (Phi) is 6.53. The Morgan fingerprint density at radius 2 is 1.55 bits per heavy atom. The number of sulfonamides is 1. The van der Waals surface area contributed by atoms with Crippen molar-refractivity contribution in [2.45, 2.75) is 55.5 Å². The molecule has 0 radical (unpaired) electrons. The largest absolute Gasteiger partial charge is 0.274 e. The Labute approximate surface area is 195 Å². The lowest BCUT2D eigenvalue weighted by atomic mass is 9.94. The van der Waals surface area contributed by atoms with Gasteiger partial charge >= 0.3 is 0 Å². The first-order valence-electron chi connectivity index (χ1n) is 10.2. The highest BCUT2D eigenvalue weighted by molar-refractivity contribution is 9.10. The molecule has 1 atom stereocenters. The Morgan fingerprint density at radius 3 is 2.16 bits per heavy atom. The quantitative estimate of drug-likeness (QED) is 0.528. The average Bonchev–Trinajstić information content (AvgIpc) is 3.03. The van der Waals surface area contributed by atoms with Crippen LogP contribution >= 0.6 is 27.5 Å². The highest BCUT2D eigenvalue weighted by Gasteiger charge is 2.49. The van der Waals surface area contributed by atoms with Crippen molar-refractivity contribution in [1.82, 2.24) is 4.31 Å². The van der Waals surface area contributed by atoms with E-state index in [0.717, 1.165) is 28.6 Å². The molecule has 1 aliphatic carbocycles. The number of carbonyl (C=O) groups is 2. The number of anilines is 1. The minimum absolute atomic E-state index is 0.117. The molecule has 2 amide bonds. The van der Waals surface area contributed by atoms with Gasteiger partial charge in [0.25, 0.3) is 5.91 Å². The van der Waals surface area contributed by atoms with E-state index in [9.17, 15) is 18.0 Å². The molecule has 0 aromatic heterocycles. The predicted octanol–water partition coefficient (Wildman–Crippen LogP) is 4.76. The van der Waals surface area contributed by atoms with Gasteiger partial charge in [-0.2, -0.15) is 4.31 Å². The van der Waals surface area contributed by atoms with Gasteiger partial charge in [-0.25, -0.2) is 13.3 Å². The van der Waals surface area contributed by atoms with Crippen molar-refractivity contribution in [3.8, 4) is 0 Å². The van der Waals surface area contributed by atoms with E-state index in [0.29, 0.717) is 23.6 Å². The van der Waals surface area contributed by atoms with Crippen LogP contribution in [0.5, 0.6) is 0 Å². The smallest absolute Gasteiger partial charge is 0.252 e. The van der Waals surface area contributed by atoms with Crippen LogP contribution in [0.3, 0.4) is 0 Å². The highest BCUT2D eigenvalue weighted by atomic mass is 79.9. The van der Waals surface area contributed by atoms with Gasteiger partial charge in [-0.15, -0.1) is 0 Å². The van der Waals surface area contributed by atoms with E-state index in [1.54, 1.807) is 36.4 Å². The Bertz CT molecular complexity index is 1080. The zero-order chi connectivity index (χ0) is 22.2. The molecule has 0 bridgehead atoms. The molecular weight excluding hydrogens is 504 g/mol. The van der Waals surface area contributed by atoms with Crippen LogP contribution in [0.25, 0.3) is 0 Å². The lowest BCUT2D eigenvalue weighted by Crippen LogP contribution is -2.51. The first-order chi connectivity index (χ1) is 14.8. The first-order valence-corrected chi connectivity index (χ1v) is 12.8. The van der Waals surface area contributed by atoms with Crippen LogP contribution in [-0.2, 0) is 19.6 Å². The number of hydrogen-bond acceptors (Lipinski definition) is 4. The summed E-state index contributed by atoms with van der Waals surface area (Å²) in [5.74, 6) is -0.928. The summed E-state index contributed by atoms with van der Waals surface area (Å²) < 4.78 is 29.4. The van der Waals surface area contributed by atoms with E-state index in [-0.39, 0.29) is 17.4 Å². The van der Waals surface area contributed by atoms with Gasteiger partial charge in [0.05, 0.1) is 17.0 Å². The number of carbonyl (C=O) groups excluding carboxylic acids is 2. The minimum Gasteiger partial charge on any atom is -0.274 e. The zero-order valence-corrected chi connectivity index (χ0v) is 19.9. The molecule has 2 fully saturated rings. The SMILES string of the molecule is O=C1CC(N(C2CCCCC2)S(=O)(=O)c2ccc(Br)cc2)C(=O)N1c1ccc(Cl)cc1. The van der Waals surface area contributed by atoms with Gasteiger partial charge in [0.15, 0.2) is 0 Å². The van der Waals surface area contributed by atoms with Gasteiger partial charge in [-0.3, -0.25) is 9.59 Å². The van der Waals surface area contributed by atoms with E-state index in [4.69, 9.17) is 11.6 Å². The van der Waals surface area contributed by atoms with Gasteiger partial charge in [0.1, 0.15) is 6.04 Å². The van der Waals surface area contributed by atoms with Crippen molar-refractivity contribution >= 4 is 55.1 Å². The Hall–Kier alpha value is -1.74. The van der Waals surface area contributed by atoms with Gasteiger partial charge in [-0.05, 0) is 61.4 Å². The van der Waals surface area contributed by atoms with Crippen molar-refractivity contribution in [2.24, 2.45) is 0 Å². The molecule has 0 N–H and O–H groups in total. The average molecular weight is 526 g/mol. The summed E-state index contributed by atoms with van der Waals surface area (Å²) in [4.78, 5) is 27.4. The molecule has 1 unspecified atom stereocenters. The molecule has 164 valence electrons. The van der Waals surface area contributed by atoms with Crippen LogP contribution in [0.4, 0.5) is 5.69 Å². The topological polar surface area (TPSA) is 74.8 Å².